The molecule has 0 aliphatic carbocycles. The number of nitrogens with zero attached hydrogens (tertiary/aromatic N) is 1. The molecule has 1 rings (SSSR count). The number of phenols is 1. The third-order valence-corrected chi connectivity index (χ3v) is 6.85. The van der Waals surface area contributed by atoms with Crippen LogP contribution in [0.1, 0.15) is 134 Å². The molecule has 1 atom stereocenters. The van der Waals surface area contributed by atoms with Gasteiger partial charge in [-0.2, -0.15) is 0 Å². The highest BCUT2D eigenvalue weighted by molar-refractivity contribution is 5.46. The van der Waals surface area contributed by atoms with Gasteiger partial charge in [0.25, 0.3) is 0 Å². The van der Waals surface area contributed by atoms with E-state index in [1.165, 1.54) is 76.3 Å². The minimum atomic E-state index is 0.352. The first-order chi connectivity index (χ1) is 14.2. The summed E-state index contributed by atoms with van der Waals surface area (Å²) < 4.78 is 1.09. The number of quaternary nitrogens is 1. The van der Waals surface area contributed by atoms with Crippen molar-refractivity contribution in [2.75, 3.05) is 20.1 Å². The molecule has 1 aromatic carbocycles. The fourth-order valence-electron chi connectivity index (χ4n) is 4.49. The minimum Gasteiger partial charge on any atom is -0.507 e. The maximum atomic E-state index is 10.7. The summed E-state index contributed by atoms with van der Waals surface area (Å²) in [6, 6.07) is 4.52. The van der Waals surface area contributed by atoms with E-state index < -0.39 is 0 Å². The molecule has 1 N–H and O–H groups in total. The smallest absolute Gasteiger partial charge is 0.122 e. The van der Waals surface area contributed by atoms with Gasteiger partial charge in [0, 0.05) is 5.56 Å². The molecule has 174 valence electrons. The molecule has 0 fully saturated rings. The number of benzene rings is 1. The summed E-state index contributed by atoms with van der Waals surface area (Å²) >= 11 is 0. The summed E-state index contributed by atoms with van der Waals surface area (Å²) in [6.45, 7) is 16.8. The predicted octanol–water partition coefficient (Wildman–Crippen LogP) is 8.53. The maximum absolute atomic E-state index is 10.7. The number of phenolic OH excluding ortho intramolecular Hbond substituents is 1. The lowest BCUT2D eigenvalue weighted by atomic mass is 9.91. The third kappa shape index (κ3) is 9.41. The lowest BCUT2D eigenvalue weighted by molar-refractivity contribution is -0.921. The molecular weight excluding hydrogens is 366 g/mol. The molecule has 2 heteroatoms. The van der Waals surface area contributed by atoms with Crippen LogP contribution in [0, 0.1) is 0 Å². The van der Waals surface area contributed by atoms with Crippen molar-refractivity contribution in [3.05, 3.63) is 28.8 Å². The summed E-state index contributed by atoms with van der Waals surface area (Å²) in [5.74, 6) is 1.22. The Labute approximate surface area is 188 Å². The summed E-state index contributed by atoms with van der Waals surface area (Å²) in [5, 5.41) is 10.7. The second-order valence-corrected chi connectivity index (χ2v) is 10.4. The number of rotatable bonds is 16. The average molecular weight is 419 g/mol. The quantitative estimate of drug-likeness (QED) is 0.211. The Balaban J connectivity index is 2.55. The molecule has 0 bridgehead atoms. The lowest BCUT2D eigenvalue weighted by Gasteiger charge is -2.34. The normalized spacial score (nSPS) is 13.9. The van der Waals surface area contributed by atoms with E-state index in [2.05, 4.69) is 60.7 Å². The van der Waals surface area contributed by atoms with Crippen molar-refractivity contribution in [2.45, 2.75) is 124 Å². The lowest BCUT2D eigenvalue weighted by Crippen LogP contribution is -2.43. The Morgan fingerprint density at radius 3 is 1.57 bits per heavy atom. The molecule has 1 unspecified atom stereocenters. The molecule has 0 heterocycles. The zero-order chi connectivity index (χ0) is 22.6. The van der Waals surface area contributed by atoms with E-state index in [-0.39, 0.29) is 0 Å². The Kier molecular flexibility index (Phi) is 12.7. The van der Waals surface area contributed by atoms with Gasteiger partial charge in [-0.15, -0.1) is 0 Å². The van der Waals surface area contributed by atoms with Gasteiger partial charge in [0.05, 0.1) is 20.1 Å². The molecule has 0 spiro atoms. The van der Waals surface area contributed by atoms with Crippen LogP contribution in [0.15, 0.2) is 12.1 Å². The van der Waals surface area contributed by atoms with Crippen LogP contribution in [0.5, 0.6) is 5.75 Å². The predicted molar refractivity (Wildman–Crippen MR) is 133 cm³/mol. The largest absolute Gasteiger partial charge is 0.507 e. The van der Waals surface area contributed by atoms with Crippen LogP contribution in [0.2, 0.25) is 0 Å². The fraction of sp³-hybridized carbons (Fsp3) is 0.786. The van der Waals surface area contributed by atoms with Crippen molar-refractivity contribution >= 4 is 0 Å². The first-order valence-electron chi connectivity index (χ1n) is 12.9. The second-order valence-electron chi connectivity index (χ2n) is 10.4. The van der Waals surface area contributed by atoms with Gasteiger partial charge in [0.15, 0.2) is 0 Å². The van der Waals surface area contributed by atoms with Crippen molar-refractivity contribution < 1.29 is 9.59 Å². The van der Waals surface area contributed by atoms with E-state index in [4.69, 9.17) is 0 Å². The molecule has 0 aliphatic heterocycles. The van der Waals surface area contributed by atoms with Gasteiger partial charge in [-0.05, 0) is 54.9 Å². The number of unbranched alkanes of at least 4 members (excludes halogenated alkanes) is 9. The van der Waals surface area contributed by atoms with Gasteiger partial charge >= 0.3 is 0 Å². The van der Waals surface area contributed by atoms with Crippen molar-refractivity contribution in [1.82, 2.24) is 0 Å². The van der Waals surface area contributed by atoms with Gasteiger partial charge in [0.2, 0.25) is 0 Å². The highest BCUT2D eigenvalue weighted by Crippen LogP contribution is 2.35. The summed E-state index contributed by atoms with van der Waals surface area (Å²) in [4.78, 5) is 0. The van der Waals surface area contributed by atoms with Crippen LogP contribution in [0.25, 0.3) is 0 Å². The molecule has 0 saturated heterocycles. The molecule has 2 nitrogen and oxygen atoms in total. The Morgan fingerprint density at radius 2 is 1.17 bits per heavy atom. The van der Waals surface area contributed by atoms with Crippen LogP contribution >= 0.6 is 0 Å². The van der Waals surface area contributed by atoms with E-state index in [0.29, 0.717) is 17.6 Å². The Morgan fingerprint density at radius 1 is 0.733 bits per heavy atom. The molecule has 0 saturated carbocycles. The van der Waals surface area contributed by atoms with Crippen molar-refractivity contribution in [3.63, 3.8) is 0 Å². The van der Waals surface area contributed by atoms with Crippen molar-refractivity contribution in [2.24, 2.45) is 0 Å². The van der Waals surface area contributed by atoms with Gasteiger partial charge in [-0.3, -0.25) is 0 Å². The molecule has 30 heavy (non-hydrogen) atoms. The molecule has 0 radical (unpaired) electrons. The van der Waals surface area contributed by atoms with Gasteiger partial charge < -0.3 is 9.59 Å². The molecule has 1 aromatic rings. The van der Waals surface area contributed by atoms with Crippen LogP contribution in [-0.2, 0) is 6.54 Å². The topological polar surface area (TPSA) is 20.2 Å². The zero-order valence-electron chi connectivity index (χ0n) is 21.4. The molecule has 0 aromatic heterocycles. The van der Waals surface area contributed by atoms with E-state index in [9.17, 15) is 5.11 Å². The summed E-state index contributed by atoms with van der Waals surface area (Å²) in [5.41, 5.74) is 3.60. The minimum absolute atomic E-state index is 0.352. The summed E-state index contributed by atoms with van der Waals surface area (Å²) in [7, 11) is 2.41. The Bertz CT molecular complexity index is 563. The van der Waals surface area contributed by atoms with Gasteiger partial charge in [0.1, 0.15) is 12.3 Å². The summed E-state index contributed by atoms with van der Waals surface area (Å²) in [6.07, 6.45) is 14.0. The van der Waals surface area contributed by atoms with Crippen LogP contribution < -0.4 is 0 Å². The standard InChI is InChI=1S/C28H51NO/c1-8-10-11-12-13-14-15-16-17-18-19-29(7,9-2)22-25-20-26(23(3)4)28(30)27(21-25)24(5)6/h20-21,23-24H,8-19,22H2,1-7H3/p+1. The highest BCUT2D eigenvalue weighted by Gasteiger charge is 2.22. The van der Waals surface area contributed by atoms with E-state index in [1.54, 1.807) is 0 Å². The van der Waals surface area contributed by atoms with Crippen molar-refractivity contribution in [1.29, 1.82) is 0 Å². The molecular formula is C28H52NO+. The first-order valence-corrected chi connectivity index (χ1v) is 12.9. The number of aromatic hydroxyl groups is 1. The van der Waals surface area contributed by atoms with E-state index >= 15 is 0 Å². The number of hydrogen-bond acceptors (Lipinski definition) is 1. The van der Waals surface area contributed by atoms with Crippen LogP contribution in [0.3, 0.4) is 0 Å². The van der Waals surface area contributed by atoms with Gasteiger partial charge in [-0.1, -0.05) is 86.0 Å². The van der Waals surface area contributed by atoms with E-state index in [0.717, 1.165) is 28.7 Å². The second kappa shape index (κ2) is 14.1. The van der Waals surface area contributed by atoms with Crippen molar-refractivity contribution in [3.8, 4) is 5.75 Å². The zero-order valence-corrected chi connectivity index (χ0v) is 21.4. The van der Waals surface area contributed by atoms with Gasteiger partial charge in [-0.25, -0.2) is 0 Å². The Hall–Kier alpha value is -1.02. The molecule has 0 amide bonds. The third-order valence-electron chi connectivity index (χ3n) is 6.85. The van der Waals surface area contributed by atoms with E-state index in [1.807, 2.05) is 0 Å². The van der Waals surface area contributed by atoms with Crippen LogP contribution in [-0.4, -0.2) is 29.7 Å². The van der Waals surface area contributed by atoms with Crippen LogP contribution in [0.4, 0.5) is 0 Å². The number of hydrogen-bond donors (Lipinski definition) is 1. The maximum Gasteiger partial charge on any atom is 0.122 e. The first kappa shape index (κ1) is 27.0. The SMILES string of the molecule is CCCCCCCCCCCC[N+](C)(CC)Cc1cc(C(C)C)c(O)c(C(C)C)c1. The average Bonchev–Trinajstić information content (AvgIpc) is 2.70. The monoisotopic (exact) mass is 418 g/mol. The highest BCUT2D eigenvalue weighted by atomic mass is 16.3. The molecule has 0 aliphatic rings. The fourth-order valence-corrected chi connectivity index (χ4v) is 4.49.